The molecular formula is C9H11N3O4. The number of ether oxygens (including phenoxy) is 2. The minimum Gasteiger partial charge on any atom is -0.454 e. The van der Waals surface area contributed by atoms with E-state index in [-0.39, 0.29) is 18.1 Å². The number of aliphatic hydroxyl groups excluding tert-OH is 2. The zero-order valence-corrected chi connectivity index (χ0v) is 8.28. The molecule has 1 fully saturated rings. The summed E-state index contributed by atoms with van der Waals surface area (Å²) in [5.41, 5.74) is 0.0967. The first kappa shape index (κ1) is 9.76. The number of aromatic nitrogens is 2. The number of nitrogens with one attached hydrogen (secondary N) is 1. The third kappa shape index (κ3) is 1.19. The van der Waals surface area contributed by atoms with Gasteiger partial charge < -0.3 is 19.7 Å². The zero-order valence-electron chi connectivity index (χ0n) is 8.28. The number of hydrogen-bond donors (Lipinski definition) is 3. The van der Waals surface area contributed by atoms with Gasteiger partial charge in [0.15, 0.2) is 17.8 Å². The fourth-order valence-corrected chi connectivity index (χ4v) is 2.04. The van der Waals surface area contributed by atoms with Crippen molar-refractivity contribution in [3.63, 3.8) is 0 Å². The van der Waals surface area contributed by atoms with Gasteiger partial charge in [-0.05, 0) is 6.07 Å². The molecule has 0 aromatic carbocycles. The lowest BCUT2D eigenvalue weighted by Crippen LogP contribution is -2.34. The molecule has 3 rings (SSSR count). The second kappa shape index (κ2) is 3.27. The van der Waals surface area contributed by atoms with Gasteiger partial charge in [-0.3, -0.25) is 9.98 Å². The van der Waals surface area contributed by atoms with Gasteiger partial charge in [-0.15, -0.1) is 0 Å². The zero-order chi connectivity index (χ0) is 11.3. The summed E-state index contributed by atoms with van der Waals surface area (Å²) in [6, 6.07) is 1.77. The highest BCUT2D eigenvalue weighted by Gasteiger charge is 2.50. The Kier molecular flexibility index (Phi) is 2.00. The van der Waals surface area contributed by atoms with Gasteiger partial charge in [-0.1, -0.05) is 0 Å². The van der Waals surface area contributed by atoms with Gasteiger partial charge in [-0.25, -0.2) is 0 Å². The summed E-state index contributed by atoms with van der Waals surface area (Å²) in [6.45, 7) is -0.253. The van der Waals surface area contributed by atoms with Crippen LogP contribution in [0.3, 0.4) is 0 Å². The summed E-state index contributed by atoms with van der Waals surface area (Å²) in [4.78, 5) is 3.88. The summed E-state index contributed by atoms with van der Waals surface area (Å²) >= 11 is 0. The Bertz CT molecular complexity index is 474. The molecule has 2 aliphatic rings. The van der Waals surface area contributed by atoms with Crippen molar-refractivity contribution in [1.29, 1.82) is 5.41 Å². The van der Waals surface area contributed by atoms with Crippen molar-refractivity contribution in [3.8, 4) is 6.01 Å². The molecule has 0 spiro atoms. The molecule has 3 heterocycles. The topological polar surface area (TPSA) is 101 Å². The van der Waals surface area contributed by atoms with Crippen molar-refractivity contribution in [1.82, 2.24) is 9.55 Å². The highest BCUT2D eigenvalue weighted by molar-refractivity contribution is 5.10. The van der Waals surface area contributed by atoms with Crippen molar-refractivity contribution >= 4 is 0 Å². The van der Waals surface area contributed by atoms with Gasteiger partial charge in [0, 0.05) is 6.20 Å². The van der Waals surface area contributed by atoms with Crippen LogP contribution >= 0.6 is 0 Å². The molecule has 1 aromatic heterocycles. The van der Waals surface area contributed by atoms with Crippen LogP contribution in [0.4, 0.5) is 0 Å². The molecule has 0 saturated carbocycles. The molecule has 2 aliphatic heterocycles. The number of aliphatic hydroxyl groups is 2. The molecule has 16 heavy (non-hydrogen) atoms. The second-order valence-electron chi connectivity index (χ2n) is 3.82. The number of fused-ring (bicyclic) bond motifs is 3. The molecule has 1 saturated heterocycles. The average Bonchev–Trinajstić information content (AvgIpc) is 2.75. The molecule has 3 N–H and O–H groups in total. The Labute approximate surface area is 90.4 Å². The Balaban J connectivity index is 1.99. The van der Waals surface area contributed by atoms with E-state index in [0.29, 0.717) is 0 Å². The van der Waals surface area contributed by atoms with Gasteiger partial charge in [0.25, 0.3) is 0 Å². The SMILES string of the molecule is N=c1ccn2c(n1)O[C@@H]1C(O)[C@@H](CO)O[C@@H]12. The van der Waals surface area contributed by atoms with Gasteiger partial charge in [0.05, 0.1) is 6.61 Å². The standard InChI is InChI=1S/C9H11N3O4/c10-5-1-2-12-8-7(16-9(12)11-5)6(14)4(3-13)15-8/h1-2,4,6-8,10,13-14H,3H2/t4-,6?,7-,8+/m1/s1. The molecule has 0 amide bonds. The predicted molar refractivity (Wildman–Crippen MR) is 49.5 cm³/mol. The normalized spacial score (nSPS) is 35.6. The first-order valence-electron chi connectivity index (χ1n) is 4.95. The maximum absolute atomic E-state index is 9.80. The second-order valence-corrected chi connectivity index (χ2v) is 3.82. The molecule has 4 atom stereocenters. The van der Waals surface area contributed by atoms with E-state index in [1.165, 1.54) is 6.07 Å². The van der Waals surface area contributed by atoms with Gasteiger partial charge in [0.1, 0.15) is 12.2 Å². The van der Waals surface area contributed by atoms with Crippen molar-refractivity contribution in [3.05, 3.63) is 17.8 Å². The van der Waals surface area contributed by atoms with Crippen LogP contribution in [0.15, 0.2) is 12.3 Å². The van der Waals surface area contributed by atoms with Crippen molar-refractivity contribution in [2.45, 2.75) is 24.5 Å². The van der Waals surface area contributed by atoms with Crippen LogP contribution in [0.1, 0.15) is 6.23 Å². The fourth-order valence-electron chi connectivity index (χ4n) is 2.04. The van der Waals surface area contributed by atoms with Crippen molar-refractivity contribution in [2.75, 3.05) is 6.61 Å². The van der Waals surface area contributed by atoms with E-state index < -0.39 is 24.5 Å². The van der Waals surface area contributed by atoms with E-state index in [0.717, 1.165) is 0 Å². The molecule has 7 heteroatoms. The number of nitrogens with zero attached hydrogens (tertiary/aromatic N) is 2. The summed E-state index contributed by atoms with van der Waals surface area (Å²) in [7, 11) is 0. The quantitative estimate of drug-likeness (QED) is 0.533. The maximum Gasteiger partial charge on any atom is 0.301 e. The van der Waals surface area contributed by atoms with Crippen LogP contribution in [0.25, 0.3) is 0 Å². The summed E-state index contributed by atoms with van der Waals surface area (Å²) in [6.07, 6.45) is -0.930. The Hall–Kier alpha value is -1.44. The Morgan fingerprint density at radius 1 is 1.56 bits per heavy atom. The molecule has 1 unspecified atom stereocenters. The Morgan fingerprint density at radius 2 is 2.38 bits per heavy atom. The van der Waals surface area contributed by atoms with E-state index in [4.69, 9.17) is 20.0 Å². The first-order chi connectivity index (χ1) is 7.70. The van der Waals surface area contributed by atoms with E-state index in [2.05, 4.69) is 4.98 Å². The van der Waals surface area contributed by atoms with Crippen LogP contribution in [0.2, 0.25) is 0 Å². The van der Waals surface area contributed by atoms with Crippen molar-refractivity contribution < 1.29 is 19.7 Å². The van der Waals surface area contributed by atoms with Crippen molar-refractivity contribution in [2.24, 2.45) is 0 Å². The molecule has 7 nitrogen and oxygen atoms in total. The largest absolute Gasteiger partial charge is 0.454 e. The van der Waals surface area contributed by atoms with E-state index in [1.54, 1.807) is 10.8 Å². The van der Waals surface area contributed by atoms with Crippen LogP contribution < -0.4 is 10.2 Å². The summed E-state index contributed by atoms with van der Waals surface area (Å²) in [5.74, 6) is 0. The van der Waals surface area contributed by atoms with Crippen LogP contribution in [0, 0.1) is 5.41 Å². The monoisotopic (exact) mass is 225 g/mol. The molecule has 0 aliphatic carbocycles. The number of hydrogen-bond acceptors (Lipinski definition) is 6. The average molecular weight is 225 g/mol. The lowest BCUT2D eigenvalue weighted by molar-refractivity contribution is -0.0434. The molecule has 0 radical (unpaired) electrons. The van der Waals surface area contributed by atoms with Gasteiger partial charge in [-0.2, -0.15) is 4.98 Å². The maximum atomic E-state index is 9.80. The minimum atomic E-state index is -0.883. The third-order valence-electron chi connectivity index (χ3n) is 2.84. The highest BCUT2D eigenvalue weighted by atomic mass is 16.6. The van der Waals surface area contributed by atoms with E-state index >= 15 is 0 Å². The highest BCUT2D eigenvalue weighted by Crippen LogP contribution is 2.38. The predicted octanol–water partition coefficient (Wildman–Crippen LogP) is -1.63. The van der Waals surface area contributed by atoms with Gasteiger partial charge >= 0.3 is 6.01 Å². The van der Waals surface area contributed by atoms with Gasteiger partial charge in [0.2, 0.25) is 0 Å². The summed E-state index contributed by atoms with van der Waals surface area (Å²) < 4.78 is 12.5. The smallest absolute Gasteiger partial charge is 0.301 e. The molecule has 1 aromatic rings. The van der Waals surface area contributed by atoms with Crippen LogP contribution in [-0.4, -0.2) is 44.7 Å². The third-order valence-corrected chi connectivity index (χ3v) is 2.84. The fraction of sp³-hybridized carbons (Fsp3) is 0.556. The van der Waals surface area contributed by atoms with E-state index in [9.17, 15) is 5.11 Å². The van der Waals surface area contributed by atoms with Crippen LogP contribution in [0.5, 0.6) is 6.01 Å². The lowest BCUT2D eigenvalue weighted by Gasteiger charge is -2.14. The molecular weight excluding hydrogens is 214 g/mol. The van der Waals surface area contributed by atoms with Crippen LogP contribution in [-0.2, 0) is 4.74 Å². The first-order valence-corrected chi connectivity index (χ1v) is 4.95. The lowest BCUT2D eigenvalue weighted by atomic mass is 10.1. The Morgan fingerprint density at radius 3 is 3.12 bits per heavy atom. The minimum absolute atomic E-state index is 0.0967. The molecule has 86 valence electrons. The molecule has 0 bridgehead atoms. The summed E-state index contributed by atoms with van der Waals surface area (Å²) in [5, 5.41) is 26.1. The number of rotatable bonds is 1. The van der Waals surface area contributed by atoms with E-state index in [1.807, 2.05) is 0 Å².